The molecule has 4 aliphatic rings. The zero-order chi connectivity index (χ0) is 24.0. The number of amides is 2. The molecule has 0 radical (unpaired) electrons. The highest BCUT2D eigenvalue weighted by Crippen LogP contribution is 2.45. The molecule has 2 N–H and O–H groups in total. The first-order valence-electron chi connectivity index (χ1n) is 12.6. The van der Waals surface area contributed by atoms with Gasteiger partial charge in [-0.3, -0.25) is 14.5 Å². The quantitative estimate of drug-likeness (QED) is 0.694. The highest BCUT2D eigenvalue weighted by atomic mass is 19.1. The summed E-state index contributed by atoms with van der Waals surface area (Å²) in [4.78, 5) is 32.3. The van der Waals surface area contributed by atoms with Crippen LogP contribution in [0.3, 0.4) is 0 Å². The number of piperazine rings is 1. The fraction of sp³-hybridized carbons (Fsp3) is 0.654. The number of likely N-dealkylation sites (tertiary alicyclic amines) is 3. The second-order valence-corrected chi connectivity index (χ2v) is 10.7. The molecule has 1 saturated carbocycles. The van der Waals surface area contributed by atoms with Gasteiger partial charge in [0.2, 0.25) is 11.8 Å². The predicted molar refractivity (Wildman–Crippen MR) is 125 cm³/mol. The maximum Gasteiger partial charge on any atom is 0.241 e. The standard InChI is InChI=1S/C26H34FN5O2/c1-16-10-20(12-28)31(13-16)25(33)22(29)15-30-14-21-11-23(30)26(34)32(21)24(17-4-2-3-5-17)18-6-8-19(27)9-7-18/h6-9,16-17,20-24H,2-5,10-11,13-15,29H2,1H3/t16?,20?,21-,22?,23?,24-/m0/s1. The van der Waals surface area contributed by atoms with Crippen molar-refractivity contribution in [1.82, 2.24) is 14.7 Å². The van der Waals surface area contributed by atoms with Gasteiger partial charge < -0.3 is 15.5 Å². The number of hydrogen-bond acceptors (Lipinski definition) is 5. The third-order valence-corrected chi connectivity index (χ3v) is 8.36. The number of nitriles is 1. The van der Waals surface area contributed by atoms with E-state index in [2.05, 4.69) is 15.9 Å². The van der Waals surface area contributed by atoms with E-state index < -0.39 is 12.1 Å². The van der Waals surface area contributed by atoms with Crippen LogP contribution in [0.1, 0.15) is 57.1 Å². The lowest BCUT2D eigenvalue weighted by molar-refractivity contribution is -0.142. The predicted octanol–water partition coefficient (Wildman–Crippen LogP) is 2.43. The Morgan fingerprint density at radius 2 is 1.91 bits per heavy atom. The summed E-state index contributed by atoms with van der Waals surface area (Å²) in [5.74, 6) is 0.322. The Bertz CT molecular complexity index is 972. The highest BCUT2D eigenvalue weighted by molar-refractivity contribution is 5.87. The Kier molecular flexibility index (Phi) is 6.34. The van der Waals surface area contributed by atoms with Crippen molar-refractivity contribution in [1.29, 1.82) is 5.26 Å². The first-order chi connectivity index (χ1) is 16.4. The van der Waals surface area contributed by atoms with E-state index in [1.807, 2.05) is 19.1 Å². The van der Waals surface area contributed by atoms with Gasteiger partial charge in [-0.05, 0) is 55.2 Å². The van der Waals surface area contributed by atoms with Crippen LogP contribution in [-0.4, -0.2) is 70.3 Å². The first-order valence-corrected chi connectivity index (χ1v) is 12.6. The maximum absolute atomic E-state index is 13.6. The topological polar surface area (TPSA) is 93.7 Å². The van der Waals surface area contributed by atoms with Gasteiger partial charge in [-0.15, -0.1) is 0 Å². The number of benzene rings is 1. The van der Waals surface area contributed by atoms with Crippen molar-refractivity contribution in [3.8, 4) is 6.07 Å². The summed E-state index contributed by atoms with van der Waals surface area (Å²) in [6.45, 7) is 3.62. The molecule has 4 unspecified atom stereocenters. The Labute approximate surface area is 200 Å². The monoisotopic (exact) mass is 467 g/mol. The van der Waals surface area contributed by atoms with Crippen LogP contribution in [-0.2, 0) is 9.59 Å². The Morgan fingerprint density at radius 3 is 2.56 bits per heavy atom. The van der Waals surface area contributed by atoms with Crippen molar-refractivity contribution in [2.45, 2.75) is 75.7 Å². The van der Waals surface area contributed by atoms with Crippen molar-refractivity contribution < 1.29 is 14.0 Å². The molecule has 34 heavy (non-hydrogen) atoms. The summed E-state index contributed by atoms with van der Waals surface area (Å²) in [7, 11) is 0. The van der Waals surface area contributed by atoms with Gasteiger partial charge >= 0.3 is 0 Å². The summed E-state index contributed by atoms with van der Waals surface area (Å²) in [5, 5.41) is 9.40. The van der Waals surface area contributed by atoms with Crippen LogP contribution in [0.4, 0.5) is 4.39 Å². The smallest absolute Gasteiger partial charge is 0.241 e. The van der Waals surface area contributed by atoms with Crippen molar-refractivity contribution >= 4 is 11.8 Å². The average molecular weight is 468 g/mol. The average Bonchev–Trinajstić information content (AvgIpc) is 3.60. The molecular formula is C26H34FN5O2. The molecule has 1 aliphatic carbocycles. The molecule has 3 aliphatic heterocycles. The summed E-state index contributed by atoms with van der Waals surface area (Å²) in [6.07, 6.45) is 5.93. The number of rotatable bonds is 6. The fourth-order valence-corrected chi connectivity index (χ4v) is 6.80. The number of hydrogen-bond donors (Lipinski definition) is 1. The van der Waals surface area contributed by atoms with Gasteiger partial charge in [0.1, 0.15) is 11.9 Å². The molecule has 6 atom stereocenters. The van der Waals surface area contributed by atoms with E-state index in [1.54, 1.807) is 4.90 Å². The van der Waals surface area contributed by atoms with Crippen LogP contribution in [0.2, 0.25) is 0 Å². The lowest BCUT2D eigenvalue weighted by atomic mass is 9.89. The van der Waals surface area contributed by atoms with Gasteiger partial charge in [-0.2, -0.15) is 5.26 Å². The zero-order valence-corrected chi connectivity index (χ0v) is 19.8. The number of nitrogens with zero attached hydrogens (tertiary/aromatic N) is 4. The van der Waals surface area contributed by atoms with Crippen molar-refractivity contribution in [2.75, 3.05) is 19.6 Å². The van der Waals surface area contributed by atoms with E-state index in [4.69, 9.17) is 5.73 Å². The first kappa shape index (κ1) is 23.3. The van der Waals surface area contributed by atoms with E-state index in [0.717, 1.165) is 24.8 Å². The van der Waals surface area contributed by atoms with Crippen LogP contribution < -0.4 is 5.73 Å². The van der Waals surface area contributed by atoms with E-state index in [-0.39, 0.29) is 41.7 Å². The minimum atomic E-state index is -0.746. The van der Waals surface area contributed by atoms with Crippen LogP contribution in [0, 0.1) is 29.0 Å². The molecule has 8 heteroatoms. The fourth-order valence-electron chi connectivity index (χ4n) is 6.80. The van der Waals surface area contributed by atoms with Gasteiger partial charge in [0.15, 0.2) is 0 Å². The Balaban J connectivity index is 1.28. The van der Waals surface area contributed by atoms with Crippen molar-refractivity contribution in [3.63, 3.8) is 0 Å². The normalized spacial score (nSPS) is 31.3. The van der Waals surface area contributed by atoms with Crippen LogP contribution in [0.5, 0.6) is 0 Å². The lowest BCUT2D eigenvalue weighted by Crippen LogP contribution is -2.57. The van der Waals surface area contributed by atoms with Gasteiger partial charge in [0, 0.05) is 25.7 Å². The number of halogens is 1. The molecule has 4 fully saturated rings. The Morgan fingerprint density at radius 1 is 1.21 bits per heavy atom. The number of carbonyl (C=O) groups excluding carboxylic acids is 2. The van der Waals surface area contributed by atoms with Crippen LogP contribution in [0.25, 0.3) is 0 Å². The van der Waals surface area contributed by atoms with Crippen molar-refractivity contribution in [3.05, 3.63) is 35.6 Å². The molecule has 0 aromatic heterocycles. The largest absolute Gasteiger partial charge is 0.330 e. The molecule has 3 saturated heterocycles. The minimum absolute atomic E-state index is 0.0227. The minimum Gasteiger partial charge on any atom is -0.330 e. The Hall–Kier alpha value is -2.50. The van der Waals surface area contributed by atoms with E-state index in [0.29, 0.717) is 32.0 Å². The summed E-state index contributed by atoms with van der Waals surface area (Å²) >= 11 is 0. The molecule has 182 valence electrons. The SMILES string of the molecule is CC1CC(C#N)N(C(=O)C(N)CN2C[C@@H]3CC2C(=O)N3[C@H](c2ccc(F)cc2)C2CCCC2)C1. The molecule has 3 heterocycles. The van der Waals surface area contributed by atoms with Gasteiger partial charge in [-0.1, -0.05) is 31.9 Å². The van der Waals surface area contributed by atoms with Crippen LogP contribution in [0.15, 0.2) is 24.3 Å². The second kappa shape index (κ2) is 9.27. The molecular weight excluding hydrogens is 433 g/mol. The summed E-state index contributed by atoms with van der Waals surface area (Å²) < 4.78 is 13.6. The molecule has 2 bridgehead atoms. The second-order valence-electron chi connectivity index (χ2n) is 10.7. The van der Waals surface area contributed by atoms with Crippen molar-refractivity contribution in [2.24, 2.45) is 17.6 Å². The van der Waals surface area contributed by atoms with Gasteiger partial charge in [0.05, 0.1) is 24.2 Å². The molecule has 1 aromatic rings. The van der Waals surface area contributed by atoms with Crippen LogP contribution >= 0.6 is 0 Å². The summed E-state index contributed by atoms with van der Waals surface area (Å²) in [5.41, 5.74) is 7.33. The lowest BCUT2D eigenvalue weighted by Gasteiger charge is -2.42. The third-order valence-electron chi connectivity index (χ3n) is 8.36. The highest BCUT2D eigenvalue weighted by Gasteiger charge is 2.53. The maximum atomic E-state index is 13.6. The zero-order valence-electron chi connectivity index (χ0n) is 19.8. The third kappa shape index (κ3) is 4.09. The van der Waals surface area contributed by atoms with Gasteiger partial charge in [0.25, 0.3) is 0 Å². The van der Waals surface area contributed by atoms with E-state index in [1.165, 1.54) is 25.0 Å². The molecule has 0 spiro atoms. The number of carbonyl (C=O) groups is 2. The molecule has 1 aromatic carbocycles. The van der Waals surface area contributed by atoms with E-state index >= 15 is 0 Å². The molecule has 2 amide bonds. The molecule has 7 nitrogen and oxygen atoms in total. The number of fused-ring (bicyclic) bond motifs is 2. The van der Waals surface area contributed by atoms with Gasteiger partial charge in [-0.25, -0.2) is 4.39 Å². The van der Waals surface area contributed by atoms with E-state index in [9.17, 15) is 19.2 Å². The summed E-state index contributed by atoms with van der Waals surface area (Å²) in [6, 6.07) is 7.48. The number of nitrogens with two attached hydrogens (primary N) is 1. The molecule has 5 rings (SSSR count).